The lowest BCUT2D eigenvalue weighted by molar-refractivity contribution is 0.919. The van der Waals surface area contributed by atoms with Gasteiger partial charge in [0.05, 0.1) is 11.5 Å². The number of halogens is 1. The van der Waals surface area contributed by atoms with Gasteiger partial charge in [0, 0.05) is 3.92 Å². The zero-order valence-corrected chi connectivity index (χ0v) is 8.65. The third-order valence-electron chi connectivity index (χ3n) is 2.36. The maximum atomic E-state index is 9.03. The molecule has 0 bridgehead atoms. The normalized spacial score (nSPS) is 32.5. The minimum absolute atomic E-state index is 0.165. The Kier molecular flexibility index (Phi) is 1.84. The Morgan fingerprint density at radius 1 is 1.42 bits per heavy atom. The van der Waals surface area contributed by atoms with Gasteiger partial charge >= 0.3 is 0 Å². The smallest absolute Gasteiger partial charge is 0.0950 e. The molecule has 0 N–H and O–H groups in total. The highest BCUT2D eigenvalue weighted by atomic mass is 127. The van der Waals surface area contributed by atoms with Crippen molar-refractivity contribution in [1.29, 1.82) is 5.26 Å². The molecule has 0 spiro atoms. The first-order valence-corrected chi connectivity index (χ1v) is 5.15. The number of nitrogens with zero attached hydrogens (tertiary/aromatic N) is 1. The molecule has 1 nitrogen and oxygen atoms in total. The molecule has 2 rings (SSSR count). The molecule has 2 unspecified atom stereocenters. The largest absolute Gasteiger partial charge is 0.197 e. The van der Waals surface area contributed by atoms with E-state index >= 15 is 0 Å². The van der Waals surface area contributed by atoms with Gasteiger partial charge in [-0.25, -0.2) is 0 Å². The van der Waals surface area contributed by atoms with Crippen LogP contribution in [0, 0.1) is 11.3 Å². The monoisotopic (exact) mass is 269 g/mol. The molecule has 0 aliphatic heterocycles. The highest BCUT2D eigenvalue weighted by Crippen LogP contribution is 2.52. The van der Waals surface area contributed by atoms with E-state index in [1.807, 2.05) is 30.3 Å². The first-order valence-electron chi connectivity index (χ1n) is 3.90. The van der Waals surface area contributed by atoms with E-state index in [2.05, 4.69) is 28.7 Å². The van der Waals surface area contributed by atoms with Gasteiger partial charge < -0.3 is 0 Å². The molecule has 1 aliphatic carbocycles. The number of hydrogen-bond acceptors (Lipinski definition) is 1. The van der Waals surface area contributed by atoms with Gasteiger partial charge in [-0.05, 0) is 12.0 Å². The summed E-state index contributed by atoms with van der Waals surface area (Å²) in [5.41, 5.74) is 1.01. The molecule has 2 atom stereocenters. The summed E-state index contributed by atoms with van der Waals surface area (Å²) >= 11 is 2.35. The fourth-order valence-electron chi connectivity index (χ4n) is 1.44. The Labute approximate surface area is 85.5 Å². The van der Waals surface area contributed by atoms with E-state index in [9.17, 15) is 0 Å². The Bertz CT molecular complexity index is 327. The molecule has 0 saturated heterocycles. The van der Waals surface area contributed by atoms with Crippen molar-refractivity contribution in [3.63, 3.8) is 0 Å². The zero-order chi connectivity index (χ0) is 8.60. The third kappa shape index (κ3) is 1.04. The van der Waals surface area contributed by atoms with E-state index in [-0.39, 0.29) is 5.41 Å². The first-order chi connectivity index (χ1) is 5.79. The van der Waals surface area contributed by atoms with Gasteiger partial charge in [-0.1, -0.05) is 52.9 Å². The predicted octanol–water partition coefficient (Wildman–Crippen LogP) is 2.66. The topological polar surface area (TPSA) is 23.8 Å². The second kappa shape index (κ2) is 2.74. The molecule has 0 aromatic heterocycles. The van der Waals surface area contributed by atoms with Crippen molar-refractivity contribution >= 4 is 22.6 Å². The maximum absolute atomic E-state index is 9.03. The van der Waals surface area contributed by atoms with Crippen LogP contribution in [0.25, 0.3) is 0 Å². The van der Waals surface area contributed by atoms with E-state index in [0.29, 0.717) is 3.92 Å². The van der Waals surface area contributed by atoms with Crippen molar-refractivity contribution < 1.29 is 0 Å². The molecule has 1 saturated carbocycles. The van der Waals surface area contributed by atoms with Crippen LogP contribution in [-0.4, -0.2) is 3.92 Å². The quantitative estimate of drug-likeness (QED) is 0.568. The van der Waals surface area contributed by atoms with Crippen molar-refractivity contribution in [1.82, 2.24) is 0 Å². The second-order valence-corrected chi connectivity index (χ2v) is 4.62. The summed E-state index contributed by atoms with van der Waals surface area (Å²) in [5.74, 6) is 0. The summed E-state index contributed by atoms with van der Waals surface area (Å²) in [6, 6.07) is 12.5. The number of alkyl halides is 1. The molecule has 2 heteroatoms. The van der Waals surface area contributed by atoms with E-state index in [0.717, 1.165) is 6.42 Å². The molecule has 0 heterocycles. The summed E-state index contributed by atoms with van der Waals surface area (Å²) in [4.78, 5) is 0. The van der Waals surface area contributed by atoms with Crippen LogP contribution in [0.3, 0.4) is 0 Å². The van der Waals surface area contributed by atoms with Crippen molar-refractivity contribution in [2.24, 2.45) is 0 Å². The minimum Gasteiger partial charge on any atom is -0.197 e. The van der Waals surface area contributed by atoms with Crippen LogP contribution in [0.2, 0.25) is 0 Å². The van der Waals surface area contributed by atoms with Gasteiger partial charge in [0.1, 0.15) is 0 Å². The van der Waals surface area contributed by atoms with Crippen LogP contribution < -0.4 is 0 Å². The predicted molar refractivity (Wildman–Crippen MR) is 56.2 cm³/mol. The molecule has 0 amide bonds. The number of nitriles is 1. The molecule has 1 aromatic rings. The van der Waals surface area contributed by atoms with Gasteiger partial charge in [-0.2, -0.15) is 5.26 Å². The Balaban J connectivity index is 2.39. The molecule has 1 aliphatic rings. The Morgan fingerprint density at radius 2 is 2.00 bits per heavy atom. The van der Waals surface area contributed by atoms with Gasteiger partial charge in [0.2, 0.25) is 0 Å². The summed E-state index contributed by atoms with van der Waals surface area (Å²) in [6.07, 6.45) is 1.01. The molecule has 1 aromatic carbocycles. The molecule has 12 heavy (non-hydrogen) atoms. The lowest BCUT2D eigenvalue weighted by atomic mass is 9.98. The van der Waals surface area contributed by atoms with E-state index in [1.165, 1.54) is 5.56 Å². The summed E-state index contributed by atoms with van der Waals surface area (Å²) < 4.78 is 0.502. The Morgan fingerprint density at radius 3 is 2.42 bits per heavy atom. The fourth-order valence-corrected chi connectivity index (χ4v) is 2.63. The number of benzene rings is 1. The second-order valence-electron chi connectivity index (χ2n) is 3.12. The van der Waals surface area contributed by atoms with Crippen LogP contribution in [-0.2, 0) is 5.41 Å². The molecular formula is C10H8IN. The SMILES string of the molecule is N#CC1(c2ccccc2)CC1I. The summed E-state index contributed by atoms with van der Waals surface area (Å²) in [7, 11) is 0. The van der Waals surface area contributed by atoms with E-state index in [4.69, 9.17) is 5.26 Å². The highest BCUT2D eigenvalue weighted by Gasteiger charge is 2.54. The van der Waals surface area contributed by atoms with E-state index in [1.54, 1.807) is 0 Å². The molecular weight excluding hydrogens is 261 g/mol. The lowest BCUT2D eigenvalue weighted by Gasteiger charge is -2.04. The van der Waals surface area contributed by atoms with Crippen LogP contribution >= 0.6 is 22.6 Å². The van der Waals surface area contributed by atoms with Crippen molar-refractivity contribution in [3.8, 4) is 6.07 Å². The van der Waals surface area contributed by atoms with Crippen LogP contribution in [0.1, 0.15) is 12.0 Å². The van der Waals surface area contributed by atoms with Crippen LogP contribution in [0.4, 0.5) is 0 Å². The highest BCUT2D eigenvalue weighted by molar-refractivity contribution is 14.1. The van der Waals surface area contributed by atoms with Gasteiger partial charge in [-0.15, -0.1) is 0 Å². The van der Waals surface area contributed by atoms with Gasteiger partial charge in [-0.3, -0.25) is 0 Å². The average Bonchev–Trinajstić information content (AvgIpc) is 2.80. The minimum atomic E-state index is -0.165. The summed E-state index contributed by atoms with van der Waals surface area (Å²) in [6.45, 7) is 0. The zero-order valence-electron chi connectivity index (χ0n) is 6.50. The molecule has 0 radical (unpaired) electrons. The Hall–Kier alpha value is -0.560. The fraction of sp³-hybridized carbons (Fsp3) is 0.300. The standard InChI is InChI=1S/C10H8IN/c11-9-6-10(9,7-12)8-4-2-1-3-5-8/h1-5,9H,6H2. The molecule has 1 fully saturated rings. The number of hydrogen-bond donors (Lipinski definition) is 0. The van der Waals surface area contributed by atoms with Gasteiger partial charge in [0.15, 0.2) is 0 Å². The number of rotatable bonds is 1. The van der Waals surface area contributed by atoms with Crippen molar-refractivity contribution in [2.45, 2.75) is 15.8 Å². The molecule has 60 valence electrons. The van der Waals surface area contributed by atoms with Crippen LogP contribution in [0.5, 0.6) is 0 Å². The van der Waals surface area contributed by atoms with Crippen LogP contribution in [0.15, 0.2) is 30.3 Å². The summed E-state index contributed by atoms with van der Waals surface area (Å²) in [5, 5.41) is 9.03. The maximum Gasteiger partial charge on any atom is 0.0950 e. The van der Waals surface area contributed by atoms with Crippen molar-refractivity contribution in [2.75, 3.05) is 0 Å². The van der Waals surface area contributed by atoms with Crippen molar-refractivity contribution in [3.05, 3.63) is 35.9 Å². The first kappa shape index (κ1) is 8.06. The van der Waals surface area contributed by atoms with Gasteiger partial charge in [0.25, 0.3) is 0 Å². The van der Waals surface area contributed by atoms with E-state index < -0.39 is 0 Å². The average molecular weight is 269 g/mol. The lowest BCUT2D eigenvalue weighted by Crippen LogP contribution is -2.05. The third-order valence-corrected chi connectivity index (χ3v) is 3.87.